The maximum absolute atomic E-state index is 13.6. The lowest BCUT2D eigenvalue weighted by atomic mass is 10.0. The highest BCUT2D eigenvalue weighted by Gasteiger charge is 2.32. The van der Waals surface area contributed by atoms with Crippen LogP contribution in [0.2, 0.25) is 5.02 Å². The molecule has 0 bridgehead atoms. The van der Waals surface area contributed by atoms with E-state index in [0.717, 1.165) is 49.7 Å². The van der Waals surface area contributed by atoms with Gasteiger partial charge in [0.15, 0.2) is 0 Å². The Kier molecular flexibility index (Phi) is 10.4. The van der Waals surface area contributed by atoms with Crippen molar-refractivity contribution < 1.29 is 32.2 Å². The predicted octanol–water partition coefficient (Wildman–Crippen LogP) is 5.41. The van der Waals surface area contributed by atoms with Crippen molar-refractivity contribution in [3.05, 3.63) is 88.6 Å². The first-order valence-corrected chi connectivity index (χ1v) is 13.8. The second-order valence-electron chi connectivity index (χ2n) is 10.1. The van der Waals surface area contributed by atoms with Gasteiger partial charge in [0, 0.05) is 19.3 Å². The molecule has 4 rings (SSSR count). The molecule has 0 spiro atoms. The molecule has 8 nitrogen and oxygen atoms in total. The fourth-order valence-electron chi connectivity index (χ4n) is 4.60. The highest BCUT2D eigenvalue weighted by atomic mass is 35.5. The fourth-order valence-corrected chi connectivity index (χ4v) is 4.82. The van der Waals surface area contributed by atoms with Gasteiger partial charge in [-0.05, 0) is 68.9 Å². The third-order valence-corrected chi connectivity index (χ3v) is 7.36. The molecule has 224 valence electrons. The summed E-state index contributed by atoms with van der Waals surface area (Å²) < 4.78 is 50.7. The Morgan fingerprint density at radius 1 is 1.12 bits per heavy atom. The van der Waals surface area contributed by atoms with Crippen molar-refractivity contribution in [2.45, 2.75) is 37.7 Å². The number of hydrogen-bond acceptors (Lipinski definition) is 6. The zero-order valence-electron chi connectivity index (χ0n) is 23.2. The van der Waals surface area contributed by atoms with Gasteiger partial charge in [0.05, 0.1) is 23.8 Å². The minimum atomic E-state index is -4.58. The number of aromatic nitrogens is 1. The Hall–Kier alpha value is -3.67. The molecule has 1 unspecified atom stereocenters. The number of rotatable bonds is 10. The Morgan fingerprint density at radius 2 is 1.83 bits per heavy atom. The lowest BCUT2D eigenvalue weighted by Gasteiger charge is -2.36. The standard InChI is InChI=1S/C30H32ClF3N4O4/c1-37-15-12-22(13-16-37)38(2)29(40)25(19-41-18-20-7-4-3-5-8-20)36-27(39)23-9-6-14-35-28(23)42-26-11-10-21(17-24(26)31)30(32,33)34/h3-11,14,17,22,25H,12-13,15-16,18-19H2,1-2H3,(H,36,39). The normalized spacial score (nSPS) is 15.2. The van der Waals surface area contributed by atoms with E-state index < -0.39 is 23.7 Å². The summed E-state index contributed by atoms with van der Waals surface area (Å²) in [5, 5.41) is 2.45. The molecule has 2 heterocycles. The van der Waals surface area contributed by atoms with Crippen LogP contribution in [0.15, 0.2) is 66.9 Å². The van der Waals surface area contributed by atoms with E-state index in [2.05, 4.69) is 15.2 Å². The molecule has 2 amide bonds. The molecule has 1 fully saturated rings. The number of pyridine rings is 1. The molecule has 1 N–H and O–H groups in total. The summed E-state index contributed by atoms with van der Waals surface area (Å²) in [6, 6.07) is 14.0. The Balaban J connectivity index is 1.51. The van der Waals surface area contributed by atoms with Crippen LogP contribution in [0.4, 0.5) is 13.2 Å². The number of alkyl halides is 3. The van der Waals surface area contributed by atoms with Crippen LogP contribution in [-0.2, 0) is 22.3 Å². The summed E-state index contributed by atoms with van der Waals surface area (Å²) >= 11 is 6.05. The molecule has 2 aromatic carbocycles. The number of likely N-dealkylation sites (tertiary alicyclic amines) is 1. The summed E-state index contributed by atoms with van der Waals surface area (Å²) in [6.45, 7) is 1.86. The number of hydrogen-bond donors (Lipinski definition) is 1. The van der Waals surface area contributed by atoms with Crippen molar-refractivity contribution in [2.24, 2.45) is 0 Å². The Bertz CT molecular complexity index is 1370. The van der Waals surface area contributed by atoms with E-state index in [-0.39, 0.29) is 47.4 Å². The van der Waals surface area contributed by atoms with Crippen LogP contribution >= 0.6 is 11.6 Å². The summed E-state index contributed by atoms with van der Waals surface area (Å²) in [5.41, 5.74) is -0.0595. The van der Waals surface area contributed by atoms with Crippen LogP contribution in [0.1, 0.15) is 34.3 Å². The average Bonchev–Trinajstić information content (AvgIpc) is 2.97. The molecule has 1 saturated heterocycles. The van der Waals surface area contributed by atoms with E-state index >= 15 is 0 Å². The molecular weight excluding hydrogens is 573 g/mol. The van der Waals surface area contributed by atoms with Gasteiger partial charge in [-0.3, -0.25) is 9.59 Å². The Labute approximate surface area is 247 Å². The summed E-state index contributed by atoms with van der Waals surface area (Å²) in [4.78, 5) is 35.0. The highest BCUT2D eigenvalue weighted by Crippen LogP contribution is 2.36. The topological polar surface area (TPSA) is 84.0 Å². The molecule has 0 radical (unpaired) electrons. The second kappa shape index (κ2) is 14.0. The van der Waals surface area contributed by atoms with E-state index in [4.69, 9.17) is 21.1 Å². The number of likely N-dealkylation sites (N-methyl/N-ethyl adjacent to an activating group) is 1. The molecule has 3 aromatic rings. The van der Waals surface area contributed by atoms with Gasteiger partial charge < -0.3 is 24.6 Å². The summed E-state index contributed by atoms with van der Waals surface area (Å²) in [5.74, 6) is -1.27. The third-order valence-electron chi connectivity index (χ3n) is 7.06. The minimum Gasteiger partial charge on any atom is -0.437 e. The van der Waals surface area contributed by atoms with Gasteiger partial charge >= 0.3 is 6.18 Å². The minimum absolute atomic E-state index is 0.0151. The van der Waals surface area contributed by atoms with E-state index in [1.165, 1.54) is 18.3 Å². The first kappa shape index (κ1) is 31.3. The van der Waals surface area contributed by atoms with Crippen molar-refractivity contribution in [3.63, 3.8) is 0 Å². The number of nitrogens with one attached hydrogen (secondary N) is 1. The number of carbonyl (C=O) groups excluding carboxylic acids is 2. The van der Waals surface area contributed by atoms with Gasteiger partial charge in [-0.1, -0.05) is 41.9 Å². The van der Waals surface area contributed by atoms with Crippen LogP contribution in [0.5, 0.6) is 11.6 Å². The van der Waals surface area contributed by atoms with Crippen molar-refractivity contribution >= 4 is 23.4 Å². The molecular formula is C30H32ClF3N4O4. The van der Waals surface area contributed by atoms with Crippen molar-refractivity contribution in [3.8, 4) is 11.6 Å². The highest BCUT2D eigenvalue weighted by molar-refractivity contribution is 6.32. The summed E-state index contributed by atoms with van der Waals surface area (Å²) in [6.07, 6.45) is -1.61. The van der Waals surface area contributed by atoms with Crippen LogP contribution < -0.4 is 10.1 Å². The molecule has 1 atom stereocenters. The van der Waals surface area contributed by atoms with Crippen molar-refractivity contribution in [1.82, 2.24) is 20.1 Å². The van der Waals surface area contributed by atoms with Crippen molar-refractivity contribution in [1.29, 1.82) is 0 Å². The van der Waals surface area contributed by atoms with E-state index in [1.807, 2.05) is 37.4 Å². The number of benzene rings is 2. The smallest absolute Gasteiger partial charge is 0.416 e. The SMILES string of the molecule is CN1CCC(N(C)C(=O)C(COCc2ccccc2)NC(=O)c2cccnc2Oc2ccc(C(F)(F)F)cc2Cl)CC1. The molecule has 12 heteroatoms. The van der Waals surface area contributed by atoms with Crippen LogP contribution in [-0.4, -0.2) is 72.5 Å². The zero-order valence-corrected chi connectivity index (χ0v) is 24.0. The zero-order chi connectivity index (χ0) is 30.3. The number of carbonyl (C=O) groups is 2. The van der Waals surface area contributed by atoms with Gasteiger partial charge in [-0.2, -0.15) is 13.2 Å². The number of piperidine rings is 1. The molecule has 0 saturated carbocycles. The first-order valence-electron chi connectivity index (χ1n) is 13.4. The van der Waals surface area contributed by atoms with Crippen molar-refractivity contribution in [2.75, 3.05) is 33.8 Å². The van der Waals surface area contributed by atoms with E-state index in [0.29, 0.717) is 0 Å². The van der Waals surface area contributed by atoms with Crippen LogP contribution in [0, 0.1) is 0 Å². The quantitative estimate of drug-likeness (QED) is 0.333. The lowest BCUT2D eigenvalue weighted by Crippen LogP contribution is -2.54. The molecule has 1 aromatic heterocycles. The largest absolute Gasteiger partial charge is 0.437 e. The predicted molar refractivity (Wildman–Crippen MR) is 151 cm³/mol. The molecule has 0 aliphatic carbocycles. The van der Waals surface area contributed by atoms with Gasteiger partial charge in [-0.25, -0.2) is 4.98 Å². The van der Waals surface area contributed by atoms with Gasteiger partial charge in [-0.15, -0.1) is 0 Å². The summed E-state index contributed by atoms with van der Waals surface area (Å²) in [7, 11) is 3.75. The number of nitrogens with zero attached hydrogens (tertiary/aromatic N) is 3. The maximum Gasteiger partial charge on any atom is 0.416 e. The molecule has 1 aliphatic rings. The van der Waals surface area contributed by atoms with Gasteiger partial charge in [0.25, 0.3) is 5.91 Å². The lowest BCUT2D eigenvalue weighted by molar-refractivity contribution is -0.138. The molecule has 1 aliphatic heterocycles. The van der Waals surface area contributed by atoms with Gasteiger partial charge in [0.1, 0.15) is 17.4 Å². The monoisotopic (exact) mass is 604 g/mol. The first-order chi connectivity index (χ1) is 20.0. The average molecular weight is 605 g/mol. The van der Waals surface area contributed by atoms with E-state index in [1.54, 1.807) is 11.9 Å². The van der Waals surface area contributed by atoms with E-state index in [9.17, 15) is 22.8 Å². The Morgan fingerprint density at radius 3 is 2.50 bits per heavy atom. The van der Waals surface area contributed by atoms with Crippen LogP contribution in [0.3, 0.4) is 0 Å². The van der Waals surface area contributed by atoms with Gasteiger partial charge in [0.2, 0.25) is 11.8 Å². The second-order valence-corrected chi connectivity index (χ2v) is 10.5. The number of amides is 2. The number of halogens is 4. The van der Waals surface area contributed by atoms with Crippen LogP contribution in [0.25, 0.3) is 0 Å². The fraction of sp³-hybridized carbons (Fsp3) is 0.367. The molecule has 42 heavy (non-hydrogen) atoms. The maximum atomic E-state index is 13.6. The third kappa shape index (κ3) is 8.21. The number of ether oxygens (including phenoxy) is 2.